The number of benzene rings is 2. The van der Waals surface area contributed by atoms with Crippen LogP contribution in [0.3, 0.4) is 0 Å². The van der Waals surface area contributed by atoms with E-state index in [2.05, 4.69) is 11.8 Å². The molecule has 1 amide bonds. The number of hydrogen-bond donors (Lipinski definition) is 2. The van der Waals surface area contributed by atoms with Crippen molar-refractivity contribution < 1.29 is 37.6 Å². The number of nitrogens with zero attached hydrogens (tertiary/aromatic N) is 2. The second kappa shape index (κ2) is 8.63. The maximum Gasteiger partial charge on any atom is 0.416 e. The van der Waals surface area contributed by atoms with Crippen LogP contribution >= 0.6 is 0 Å². The Morgan fingerprint density at radius 1 is 1.17 bits per heavy atom. The van der Waals surface area contributed by atoms with Crippen LogP contribution in [0.2, 0.25) is 0 Å². The molecular formula is C31H31F3N2O5. The lowest BCUT2D eigenvalue weighted by molar-refractivity contribution is -0.924. The van der Waals surface area contributed by atoms with Gasteiger partial charge in [-0.25, -0.2) is 0 Å². The summed E-state index contributed by atoms with van der Waals surface area (Å²) in [6.07, 6.45) is -1.61. The highest BCUT2D eigenvalue weighted by Crippen LogP contribution is 2.67. The minimum Gasteiger partial charge on any atom is -0.632 e. The van der Waals surface area contributed by atoms with Gasteiger partial charge < -0.3 is 29.7 Å². The van der Waals surface area contributed by atoms with Crippen LogP contribution in [-0.4, -0.2) is 69.6 Å². The lowest BCUT2D eigenvalue weighted by atomic mass is 9.48. The van der Waals surface area contributed by atoms with Crippen LogP contribution < -0.4 is 4.74 Å². The van der Waals surface area contributed by atoms with Gasteiger partial charge in [-0.1, -0.05) is 12.0 Å². The number of hydroxylamine groups is 3. The summed E-state index contributed by atoms with van der Waals surface area (Å²) < 4.78 is 44.7. The fraction of sp³-hybridized carbons (Fsp3) is 0.516. The van der Waals surface area contributed by atoms with Crippen LogP contribution in [0.5, 0.6) is 11.5 Å². The molecule has 10 heteroatoms. The number of halogens is 3. The molecule has 2 heterocycles. The minimum absolute atomic E-state index is 0.0328. The van der Waals surface area contributed by atoms with Crippen molar-refractivity contribution in [2.45, 2.75) is 73.9 Å². The number of carbonyl (C=O) groups excluding carboxylic acids is 1. The number of aliphatic hydroxyl groups is 1. The van der Waals surface area contributed by atoms with E-state index in [4.69, 9.17) is 4.74 Å². The molecule has 3 aliphatic carbocycles. The second-order valence-electron chi connectivity index (χ2n) is 12.5. The molecule has 5 aliphatic rings. The van der Waals surface area contributed by atoms with Crippen molar-refractivity contribution >= 4 is 5.91 Å². The van der Waals surface area contributed by atoms with Crippen LogP contribution in [0, 0.1) is 23.0 Å². The number of amides is 1. The Bertz CT molecular complexity index is 1500. The standard InChI is InChI=1S/C31H31F3N2O5/c1-35(25(38)11-6-18-4-8-21(9-5-18)31(32,33)34)22-12-13-30(39)24-16-20-7-10-23(37)27-26(20)29(30,28(22)41-27)14-15-36(24,40)17-19-2-3-19/h4-5,7-10,19,22,24,28,37,39H,2-3,12-17H2,1H3/t22-,24-,28+,29+,30-,36?/m1/s1. The summed E-state index contributed by atoms with van der Waals surface area (Å²) in [5.74, 6) is 5.34. The number of carbonyl (C=O) groups is 1. The summed E-state index contributed by atoms with van der Waals surface area (Å²) in [4.78, 5) is 14.7. The first kappa shape index (κ1) is 26.6. The molecule has 1 spiro atoms. The number of likely N-dealkylation sites (tertiary alicyclic amines) is 1. The lowest BCUT2D eigenvalue weighted by Crippen LogP contribution is -2.81. The van der Waals surface area contributed by atoms with Crippen molar-refractivity contribution in [3.63, 3.8) is 0 Å². The summed E-state index contributed by atoms with van der Waals surface area (Å²) >= 11 is 0. The number of quaternary nitrogens is 1. The third kappa shape index (κ3) is 3.75. The van der Waals surface area contributed by atoms with Gasteiger partial charge in [0, 0.05) is 42.9 Å². The number of rotatable bonds is 3. The van der Waals surface area contributed by atoms with Crippen LogP contribution in [-0.2, 0) is 22.8 Å². The molecule has 216 valence electrons. The van der Waals surface area contributed by atoms with Crippen LogP contribution in [0.25, 0.3) is 0 Å². The van der Waals surface area contributed by atoms with Crippen molar-refractivity contribution in [1.29, 1.82) is 0 Å². The van der Waals surface area contributed by atoms with Crippen molar-refractivity contribution in [2.75, 3.05) is 20.1 Å². The molecule has 7 nitrogen and oxygen atoms in total. The summed E-state index contributed by atoms with van der Waals surface area (Å²) in [5.41, 5.74) is -1.16. The van der Waals surface area contributed by atoms with E-state index in [-0.39, 0.29) is 11.3 Å². The summed E-state index contributed by atoms with van der Waals surface area (Å²) in [7, 11) is 1.60. The van der Waals surface area contributed by atoms with E-state index in [9.17, 15) is 33.4 Å². The first-order valence-electron chi connectivity index (χ1n) is 14.2. The van der Waals surface area contributed by atoms with Crippen molar-refractivity contribution in [3.8, 4) is 23.3 Å². The number of ether oxygens (including phenoxy) is 1. The SMILES string of the molecule is CN(C(=O)C#Cc1ccc(C(F)(F)F)cc1)[C@@H]1CC[C@@]2(O)[C@H]3Cc4ccc(O)c5c4[C@@]2(CC[N+]3([O-])CC2CC2)[C@H]1O5. The van der Waals surface area contributed by atoms with Crippen molar-refractivity contribution in [2.24, 2.45) is 5.92 Å². The number of alkyl halides is 3. The lowest BCUT2D eigenvalue weighted by Gasteiger charge is -2.68. The number of likely N-dealkylation sites (N-methyl/N-ethyl adjacent to an activating group) is 1. The summed E-state index contributed by atoms with van der Waals surface area (Å²) in [6, 6.07) is 6.63. The molecular weight excluding hydrogens is 537 g/mol. The molecule has 1 saturated heterocycles. The minimum atomic E-state index is -4.46. The Labute approximate surface area is 235 Å². The van der Waals surface area contributed by atoms with Crippen LogP contribution in [0.1, 0.15) is 54.4 Å². The van der Waals surface area contributed by atoms with Gasteiger partial charge in [0.15, 0.2) is 11.5 Å². The van der Waals surface area contributed by atoms with Crippen LogP contribution in [0.4, 0.5) is 13.2 Å². The average Bonchev–Trinajstić information content (AvgIpc) is 3.66. The zero-order valence-corrected chi connectivity index (χ0v) is 22.6. The van der Waals surface area contributed by atoms with E-state index in [0.717, 1.165) is 36.1 Å². The van der Waals surface area contributed by atoms with Gasteiger partial charge in [0.2, 0.25) is 0 Å². The molecule has 2 bridgehead atoms. The highest BCUT2D eigenvalue weighted by atomic mass is 19.4. The number of piperidine rings is 1. The van der Waals surface area contributed by atoms with Gasteiger partial charge in [-0.2, -0.15) is 13.2 Å². The predicted molar refractivity (Wildman–Crippen MR) is 141 cm³/mol. The van der Waals surface area contributed by atoms with E-state index in [1.165, 1.54) is 17.0 Å². The van der Waals surface area contributed by atoms with E-state index in [1.807, 2.05) is 6.07 Å². The van der Waals surface area contributed by atoms with Crippen molar-refractivity contribution in [3.05, 3.63) is 63.9 Å². The van der Waals surface area contributed by atoms with E-state index >= 15 is 0 Å². The first-order chi connectivity index (χ1) is 19.4. The summed E-state index contributed by atoms with van der Waals surface area (Å²) in [5, 5.41) is 37.7. The number of hydrogen-bond acceptors (Lipinski definition) is 5. The fourth-order valence-electron chi connectivity index (χ4n) is 8.23. The van der Waals surface area contributed by atoms with Gasteiger partial charge in [-0.15, -0.1) is 0 Å². The Kier molecular flexibility index (Phi) is 5.61. The maximum absolute atomic E-state index is 14.3. The van der Waals surface area contributed by atoms with E-state index < -0.39 is 51.5 Å². The van der Waals surface area contributed by atoms with Gasteiger partial charge in [0.1, 0.15) is 17.7 Å². The van der Waals surface area contributed by atoms with Gasteiger partial charge in [-0.05, 0) is 61.6 Å². The molecule has 1 unspecified atom stereocenters. The molecule has 0 aromatic heterocycles. The molecule has 7 rings (SSSR count). The Balaban J connectivity index is 1.22. The van der Waals surface area contributed by atoms with Crippen LogP contribution in [0.15, 0.2) is 36.4 Å². The molecule has 6 atom stereocenters. The number of phenolic OH excluding ortho intramolecular Hbond substituents is 1. The molecule has 2 aromatic carbocycles. The zero-order valence-electron chi connectivity index (χ0n) is 22.6. The van der Waals surface area contributed by atoms with E-state index in [0.29, 0.717) is 50.4 Å². The number of aromatic hydroxyl groups is 1. The van der Waals surface area contributed by atoms with Crippen molar-refractivity contribution in [1.82, 2.24) is 4.90 Å². The Morgan fingerprint density at radius 3 is 2.59 bits per heavy atom. The Hall–Kier alpha value is -3.26. The highest BCUT2D eigenvalue weighted by molar-refractivity contribution is 5.94. The molecule has 2 saturated carbocycles. The normalized spacial score (nSPS) is 34.6. The molecule has 3 fully saturated rings. The zero-order chi connectivity index (χ0) is 28.9. The molecule has 41 heavy (non-hydrogen) atoms. The predicted octanol–water partition coefficient (Wildman–Crippen LogP) is 3.87. The molecule has 0 radical (unpaired) electrons. The summed E-state index contributed by atoms with van der Waals surface area (Å²) in [6.45, 7) is 0.826. The smallest absolute Gasteiger partial charge is 0.416 e. The highest BCUT2D eigenvalue weighted by Gasteiger charge is 2.76. The Morgan fingerprint density at radius 2 is 1.90 bits per heavy atom. The van der Waals surface area contributed by atoms with Gasteiger partial charge in [0.05, 0.1) is 30.1 Å². The van der Waals surface area contributed by atoms with Gasteiger partial charge in [-0.3, -0.25) is 4.79 Å². The molecule has 2 aromatic rings. The third-order valence-corrected chi connectivity index (χ3v) is 10.4. The second-order valence-corrected chi connectivity index (χ2v) is 12.5. The fourth-order valence-corrected chi connectivity index (χ4v) is 8.23. The first-order valence-corrected chi connectivity index (χ1v) is 14.2. The number of phenols is 1. The quantitative estimate of drug-likeness (QED) is 0.333. The topological polar surface area (TPSA) is 93.1 Å². The van der Waals surface area contributed by atoms with Gasteiger partial charge >= 0.3 is 6.18 Å². The monoisotopic (exact) mass is 568 g/mol. The average molecular weight is 569 g/mol. The van der Waals surface area contributed by atoms with E-state index in [1.54, 1.807) is 13.1 Å². The molecule has 2 N–H and O–H groups in total. The largest absolute Gasteiger partial charge is 0.632 e. The third-order valence-electron chi connectivity index (χ3n) is 10.4. The molecule has 2 aliphatic heterocycles. The van der Waals surface area contributed by atoms with Gasteiger partial charge in [0.25, 0.3) is 5.91 Å². The maximum atomic E-state index is 14.3.